The fourth-order valence-corrected chi connectivity index (χ4v) is 6.96. The summed E-state index contributed by atoms with van der Waals surface area (Å²) in [6, 6.07) is 17.9. The Balaban J connectivity index is 2.04. The molecule has 38 heavy (non-hydrogen) atoms. The lowest BCUT2D eigenvalue weighted by Gasteiger charge is -2.31. The van der Waals surface area contributed by atoms with Crippen molar-refractivity contribution in [2.45, 2.75) is 25.1 Å². The molecule has 0 radical (unpaired) electrons. The molecular formula is C25H24Cl2NO8PS. The summed E-state index contributed by atoms with van der Waals surface area (Å²) in [5, 5.41) is 8.76. The number of amides is 1. The summed E-state index contributed by atoms with van der Waals surface area (Å²) < 4.78 is 51.6. The summed E-state index contributed by atoms with van der Waals surface area (Å²) in [4.78, 5) is 25.9. The number of hydrogen-bond acceptors (Lipinski definition) is 7. The van der Waals surface area contributed by atoms with Crippen LogP contribution in [0.5, 0.6) is 11.5 Å². The van der Waals surface area contributed by atoms with Crippen molar-refractivity contribution in [2.75, 3.05) is 6.29 Å². The maximum absolute atomic E-state index is 14.1. The molecule has 0 fully saturated rings. The van der Waals surface area contributed by atoms with Gasteiger partial charge in [-0.2, -0.15) is 0 Å². The highest BCUT2D eigenvalue weighted by Gasteiger charge is 2.43. The molecule has 0 bridgehead atoms. The van der Waals surface area contributed by atoms with Crippen LogP contribution < -0.4 is 9.05 Å². The van der Waals surface area contributed by atoms with Crippen molar-refractivity contribution in [3.05, 3.63) is 94.5 Å². The van der Waals surface area contributed by atoms with Crippen LogP contribution in [0.2, 0.25) is 10.0 Å². The number of benzene rings is 3. The standard InChI is InChI=1S/C25H24Cl2NO8PS/c1-2-23(24(29)30)28(25(31)38(33,34)16-18-8-4-3-5-9-18)17-37(32,35-21-12-6-10-19(26)14-21)36-22-13-7-11-20(27)15-22/h3-15,23H,2,16-17H2,1H3,(H,29,30). The molecule has 0 aliphatic carbocycles. The van der Waals surface area contributed by atoms with Gasteiger partial charge >= 0.3 is 18.8 Å². The fourth-order valence-electron chi connectivity index (χ4n) is 3.48. The zero-order valence-corrected chi connectivity index (χ0v) is 23.3. The van der Waals surface area contributed by atoms with Gasteiger partial charge in [-0.25, -0.2) is 17.8 Å². The van der Waals surface area contributed by atoms with Crippen LogP contribution in [0, 0.1) is 0 Å². The number of aliphatic carboxylic acids is 1. The van der Waals surface area contributed by atoms with Crippen LogP contribution in [0.25, 0.3) is 0 Å². The van der Waals surface area contributed by atoms with Gasteiger partial charge in [0, 0.05) is 10.0 Å². The van der Waals surface area contributed by atoms with Crippen molar-refractivity contribution in [3.8, 4) is 11.5 Å². The average molecular weight is 600 g/mol. The largest absolute Gasteiger partial charge is 0.480 e. The van der Waals surface area contributed by atoms with Crippen molar-refractivity contribution in [1.29, 1.82) is 0 Å². The Kier molecular flexibility index (Phi) is 9.84. The third-order valence-electron chi connectivity index (χ3n) is 5.15. The van der Waals surface area contributed by atoms with Gasteiger partial charge in [-0.15, -0.1) is 0 Å². The number of sulfone groups is 1. The Morgan fingerprint density at radius 3 is 1.89 bits per heavy atom. The first kappa shape index (κ1) is 29.5. The lowest BCUT2D eigenvalue weighted by Crippen LogP contribution is -2.48. The molecule has 3 aromatic rings. The minimum absolute atomic E-state index is 0.00854. The maximum Gasteiger partial charge on any atom is 0.450 e. The SMILES string of the molecule is CCC(C(=O)O)N(CP(=O)(Oc1cccc(Cl)c1)Oc1cccc(Cl)c1)C(=O)S(=O)(=O)Cc1ccccc1. The van der Waals surface area contributed by atoms with Gasteiger partial charge in [-0.3, -0.25) is 4.79 Å². The van der Waals surface area contributed by atoms with Crippen LogP contribution in [0.4, 0.5) is 4.79 Å². The predicted octanol–water partition coefficient (Wildman–Crippen LogP) is 6.50. The second-order valence-corrected chi connectivity index (χ2v) is 12.7. The number of carbonyl (C=O) groups excluding carboxylic acids is 1. The molecule has 3 aromatic carbocycles. The Morgan fingerprint density at radius 1 is 0.921 bits per heavy atom. The molecular weight excluding hydrogens is 576 g/mol. The van der Waals surface area contributed by atoms with Gasteiger partial charge in [0.1, 0.15) is 23.8 Å². The molecule has 1 atom stereocenters. The first-order valence-electron chi connectivity index (χ1n) is 11.2. The van der Waals surface area contributed by atoms with Gasteiger partial charge in [-0.05, 0) is 48.4 Å². The average Bonchev–Trinajstić information content (AvgIpc) is 2.83. The number of hydrogen-bond donors (Lipinski definition) is 1. The highest BCUT2D eigenvalue weighted by Crippen LogP contribution is 2.50. The van der Waals surface area contributed by atoms with E-state index in [1.165, 1.54) is 55.5 Å². The summed E-state index contributed by atoms with van der Waals surface area (Å²) >= 11 is 12.0. The quantitative estimate of drug-likeness (QED) is 0.247. The molecule has 0 aromatic heterocycles. The summed E-state index contributed by atoms with van der Waals surface area (Å²) in [6.07, 6.45) is -1.18. The second kappa shape index (κ2) is 12.7. The van der Waals surface area contributed by atoms with Gasteiger partial charge in [0.05, 0.1) is 5.75 Å². The molecule has 1 unspecified atom stereocenters. The molecule has 9 nitrogen and oxygen atoms in total. The highest BCUT2D eigenvalue weighted by molar-refractivity contribution is 8.05. The third-order valence-corrected chi connectivity index (χ3v) is 8.73. The van der Waals surface area contributed by atoms with Gasteiger partial charge < -0.3 is 19.1 Å². The fraction of sp³-hybridized carbons (Fsp3) is 0.200. The van der Waals surface area contributed by atoms with E-state index in [0.717, 1.165) is 0 Å². The van der Waals surface area contributed by atoms with E-state index in [4.69, 9.17) is 32.2 Å². The van der Waals surface area contributed by atoms with Crippen LogP contribution in [0.3, 0.4) is 0 Å². The Labute approximate surface area is 230 Å². The number of carbonyl (C=O) groups is 2. The van der Waals surface area contributed by atoms with Crippen molar-refractivity contribution in [1.82, 2.24) is 4.90 Å². The molecule has 0 aliphatic rings. The Bertz CT molecular complexity index is 1400. The summed E-state index contributed by atoms with van der Waals surface area (Å²) in [6.45, 7) is 1.45. The van der Waals surface area contributed by atoms with E-state index in [1.807, 2.05) is 0 Å². The summed E-state index contributed by atoms with van der Waals surface area (Å²) in [7, 11) is -9.10. The van der Waals surface area contributed by atoms with E-state index in [9.17, 15) is 27.7 Å². The van der Waals surface area contributed by atoms with Crippen LogP contribution in [-0.4, -0.2) is 42.0 Å². The van der Waals surface area contributed by atoms with Crippen LogP contribution >= 0.6 is 30.8 Å². The van der Waals surface area contributed by atoms with Gasteiger partial charge in [-0.1, -0.05) is 72.6 Å². The maximum atomic E-state index is 14.1. The molecule has 1 N–H and O–H groups in total. The topological polar surface area (TPSA) is 127 Å². The number of rotatable bonds is 11. The minimum Gasteiger partial charge on any atom is -0.480 e. The summed E-state index contributed by atoms with van der Waals surface area (Å²) in [5.74, 6) is -2.20. The zero-order valence-electron chi connectivity index (χ0n) is 20.1. The number of nitrogens with zero attached hydrogens (tertiary/aromatic N) is 1. The zero-order chi connectivity index (χ0) is 27.9. The number of halogens is 2. The smallest absolute Gasteiger partial charge is 0.450 e. The van der Waals surface area contributed by atoms with E-state index in [-0.39, 0.29) is 28.0 Å². The van der Waals surface area contributed by atoms with Crippen LogP contribution in [0.15, 0.2) is 78.9 Å². The van der Waals surface area contributed by atoms with Crippen molar-refractivity contribution in [2.24, 2.45) is 0 Å². The molecule has 0 aliphatic heterocycles. The first-order chi connectivity index (χ1) is 17.9. The number of carboxylic acid groups (broad SMARTS) is 1. The van der Waals surface area contributed by atoms with E-state index in [2.05, 4.69) is 0 Å². The minimum atomic E-state index is -4.58. The van der Waals surface area contributed by atoms with Crippen molar-refractivity contribution >= 4 is 51.8 Å². The van der Waals surface area contributed by atoms with E-state index in [0.29, 0.717) is 10.5 Å². The van der Waals surface area contributed by atoms with Crippen LogP contribution in [-0.2, 0) is 24.9 Å². The van der Waals surface area contributed by atoms with Gasteiger partial charge in [0.2, 0.25) is 9.84 Å². The molecule has 1 amide bonds. The van der Waals surface area contributed by atoms with Crippen molar-refractivity contribution < 1.29 is 36.7 Å². The van der Waals surface area contributed by atoms with Crippen LogP contribution in [0.1, 0.15) is 18.9 Å². The van der Waals surface area contributed by atoms with Gasteiger partial charge in [0.15, 0.2) is 0 Å². The molecule has 0 spiro atoms. The van der Waals surface area contributed by atoms with E-state index in [1.54, 1.807) is 30.3 Å². The third kappa shape index (κ3) is 7.98. The van der Waals surface area contributed by atoms with E-state index < -0.39 is 46.7 Å². The number of carboxylic acids is 1. The highest BCUT2D eigenvalue weighted by atomic mass is 35.5. The molecule has 0 saturated heterocycles. The molecule has 13 heteroatoms. The Hall–Kier alpha value is -3.04. The summed E-state index contributed by atoms with van der Waals surface area (Å²) in [5.41, 5.74) is 0.317. The Morgan fingerprint density at radius 2 is 1.45 bits per heavy atom. The van der Waals surface area contributed by atoms with E-state index >= 15 is 0 Å². The monoisotopic (exact) mass is 599 g/mol. The molecule has 202 valence electrons. The molecule has 0 saturated carbocycles. The van der Waals surface area contributed by atoms with Gasteiger partial charge in [0.25, 0.3) is 0 Å². The van der Waals surface area contributed by atoms with Crippen molar-refractivity contribution in [3.63, 3.8) is 0 Å². The first-order valence-corrected chi connectivity index (χ1v) is 15.4. The molecule has 0 heterocycles. The lowest BCUT2D eigenvalue weighted by molar-refractivity contribution is -0.141. The lowest BCUT2D eigenvalue weighted by atomic mass is 10.2. The molecule has 3 rings (SSSR count). The predicted molar refractivity (Wildman–Crippen MR) is 145 cm³/mol. The second-order valence-electron chi connectivity index (χ2n) is 8.09. The normalized spacial score (nSPS) is 12.4.